The number of aryl methyl sites for hydroxylation is 1. The number of hydrogen-bond donors (Lipinski definition) is 1. The van der Waals surface area contributed by atoms with Crippen molar-refractivity contribution >= 4 is 0 Å². The molecule has 2 aliphatic rings. The summed E-state index contributed by atoms with van der Waals surface area (Å²) in [6, 6.07) is 9.45. The zero-order valence-corrected chi connectivity index (χ0v) is 14.4. The lowest BCUT2D eigenvalue weighted by atomic mass is 9.88. The van der Waals surface area contributed by atoms with Crippen molar-refractivity contribution in [3.63, 3.8) is 0 Å². The van der Waals surface area contributed by atoms with Crippen molar-refractivity contribution in [3.05, 3.63) is 59.7 Å². The van der Waals surface area contributed by atoms with Gasteiger partial charge >= 0.3 is 0 Å². The topological polar surface area (TPSA) is 41.0 Å². The lowest BCUT2D eigenvalue weighted by Crippen LogP contribution is -2.43. The van der Waals surface area contributed by atoms with Gasteiger partial charge in [-0.1, -0.05) is 24.3 Å². The average molecular weight is 340 g/mol. The van der Waals surface area contributed by atoms with Crippen LogP contribution in [0.3, 0.4) is 0 Å². The first-order valence-corrected chi connectivity index (χ1v) is 9.20. The molecule has 4 rings (SSSR count). The second-order valence-electron chi connectivity index (χ2n) is 7.28. The number of nitrogens with zero attached hydrogens (tertiary/aromatic N) is 3. The van der Waals surface area contributed by atoms with Crippen LogP contribution in [0.2, 0.25) is 0 Å². The number of nitrogens with one attached hydrogen (secondary N) is 1. The summed E-state index contributed by atoms with van der Waals surface area (Å²) in [7, 11) is 0. The summed E-state index contributed by atoms with van der Waals surface area (Å²) in [6.45, 7) is 2.08. The van der Waals surface area contributed by atoms with Gasteiger partial charge in [0.05, 0.1) is 0 Å². The van der Waals surface area contributed by atoms with E-state index in [0.29, 0.717) is 19.0 Å². The van der Waals surface area contributed by atoms with Crippen molar-refractivity contribution in [2.75, 3.05) is 13.1 Å². The SMILES string of the molecule is F[C@H]1C[C@@H](CNC2CCc3ccccc3C2)N(Cc2cncnc2)C1. The van der Waals surface area contributed by atoms with Gasteiger partial charge in [-0.15, -0.1) is 0 Å². The fraction of sp³-hybridized carbons (Fsp3) is 0.500. The normalized spacial score (nSPS) is 26.5. The first kappa shape index (κ1) is 16.6. The third-order valence-electron chi connectivity index (χ3n) is 5.47. The van der Waals surface area contributed by atoms with Gasteiger partial charge in [-0.05, 0) is 36.8 Å². The first-order chi connectivity index (χ1) is 12.3. The Labute approximate surface area is 148 Å². The van der Waals surface area contributed by atoms with Crippen LogP contribution in [0.1, 0.15) is 29.5 Å². The smallest absolute Gasteiger partial charge is 0.115 e. The molecule has 2 aromatic rings. The molecule has 0 amide bonds. The summed E-state index contributed by atoms with van der Waals surface area (Å²) < 4.78 is 14.0. The van der Waals surface area contributed by atoms with E-state index in [4.69, 9.17) is 0 Å². The van der Waals surface area contributed by atoms with E-state index in [2.05, 4.69) is 44.5 Å². The summed E-state index contributed by atoms with van der Waals surface area (Å²) in [4.78, 5) is 10.4. The van der Waals surface area contributed by atoms with Gasteiger partial charge in [0.15, 0.2) is 0 Å². The van der Waals surface area contributed by atoms with Gasteiger partial charge in [0.1, 0.15) is 12.5 Å². The van der Waals surface area contributed by atoms with E-state index >= 15 is 0 Å². The predicted octanol–water partition coefficient (Wildman–Crippen LogP) is 2.54. The highest BCUT2D eigenvalue weighted by atomic mass is 19.1. The minimum atomic E-state index is -0.733. The molecule has 4 nitrogen and oxygen atoms in total. The first-order valence-electron chi connectivity index (χ1n) is 9.20. The van der Waals surface area contributed by atoms with Crippen LogP contribution in [0.4, 0.5) is 4.39 Å². The van der Waals surface area contributed by atoms with E-state index in [9.17, 15) is 4.39 Å². The van der Waals surface area contributed by atoms with Crippen LogP contribution in [-0.2, 0) is 19.4 Å². The Morgan fingerprint density at radius 2 is 1.96 bits per heavy atom. The highest BCUT2D eigenvalue weighted by Gasteiger charge is 2.32. The fourth-order valence-electron chi connectivity index (χ4n) is 4.15. The van der Waals surface area contributed by atoms with Crippen LogP contribution in [0.25, 0.3) is 0 Å². The molecule has 0 radical (unpaired) electrons. The average Bonchev–Trinajstić information content (AvgIpc) is 3.00. The van der Waals surface area contributed by atoms with Crippen LogP contribution >= 0.6 is 0 Å². The van der Waals surface area contributed by atoms with E-state index in [1.54, 1.807) is 0 Å². The quantitative estimate of drug-likeness (QED) is 0.908. The predicted molar refractivity (Wildman–Crippen MR) is 96.0 cm³/mol. The molecule has 1 aliphatic heterocycles. The maximum atomic E-state index is 14.0. The monoisotopic (exact) mass is 340 g/mol. The molecule has 1 aliphatic carbocycles. The molecule has 1 fully saturated rings. The Bertz CT molecular complexity index is 693. The molecule has 0 bridgehead atoms. The largest absolute Gasteiger partial charge is 0.312 e. The fourth-order valence-corrected chi connectivity index (χ4v) is 4.15. The van der Waals surface area contributed by atoms with E-state index in [1.165, 1.54) is 17.5 Å². The third kappa shape index (κ3) is 4.05. The number of benzene rings is 1. The molecule has 132 valence electrons. The van der Waals surface area contributed by atoms with Gasteiger partial charge in [0.25, 0.3) is 0 Å². The van der Waals surface area contributed by atoms with E-state index < -0.39 is 6.17 Å². The van der Waals surface area contributed by atoms with Crippen LogP contribution < -0.4 is 5.32 Å². The summed E-state index contributed by atoms with van der Waals surface area (Å²) in [5.41, 5.74) is 3.99. The van der Waals surface area contributed by atoms with Gasteiger partial charge in [-0.2, -0.15) is 0 Å². The van der Waals surface area contributed by atoms with Crippen molar-refractivity contribution in [2.24, 2.45) is 0 Å². The molecule has 0 spiro atoms. The summed E-state index contributed by atoms with van der Waals surface area (Å²) >= 11 is 0. The Morgan fingerprint density at radius 1 is 1.16 bits per heavy atom. The van der Waals surface area contributed by atoms with Crippen molar-refractivity contribution < 1.29 is 4.39 Å². The number of fused-ring (bicyclic) bond motifs is 1. The maximum absolute atomic E-state index is 14.0. The van der Waals surface area contributed by atoms with E-state index in [-0.39, 0.29) is 6.04 Å². The highest BCUT2D eigenvalue weighted by molar-refractivity contribution is 5.30. The van der Waals surface area contributed by atoms with Crippen LogP contribution in [0.5, 0.6) is 0 Å². The van der Waals surface area contributed by atoms with Crippen molar-refractivity contribution in [1.82, 2.24) is 20.2 Å². The molecule has 1 unspecified atom stereocenters. The molecule has 1 N–H and O–H groups in total. The van der Waals surface area contributed by atoms with Gasteiger partial charge < -0.3 is 5.32 Å². The molecule has 25 heavy (non-hydrogen) atoms. The number of alkyl halides is 1. The van der Waals surface area contributed by atoms with Gasteiger partial charge in [0, 0.05) is 49.7 Å². The summed E-state index contributed by atoms with van der Waals surface area (Å²) in [5.74, 6) is 0. The third-order valence-corrected chi connectivity index (χ3v) is 5.47. The van der Waals surface area contributed by atoms with Gasteiger partial charge in [-0.3, -0.25) is 4.90 Å². The van der Waals surface area contributed by atoms with Crippen molar-refractivity contribution in [2.45, 2.75) is 50.5 Å². The Balaban J connectivity index is 1.33. The number of hydrogen-bond acceptors (Lipinski definition) is 4. The second kappa shape index (κ2) is 7.58. The van der Waals surface area contributed by atoms with Crippen LogP contribution in [0.15, 0.2) is 43.0 Å². The zero-order chi connectivity index (χ0) is 17.1. The Morgan fingerprint density at radius 3 is 2.80 bits per heavy atom. The summed E-state index contributed by atoms with van der Waals surface area (Å²) in [6.07, 6.45) is 8.43. The zero-order valence-electron chi connectivity index (χ0n) is 14.4. The van der Waals surface area contributed by atoms with Crippen molar-refractivity contribution in [3.8, 4) is 0 Å². The van der Waals surface area contributed by atoms with Crippen molar-refractivity contribution in [1.29, 1.82) is 0 Å². The molecule has 1 aromatic carbocycles. The van der Waals surface area contributed by atoms with Crippen LogP contribution in [0, 0.1) is 0 Å². The molecular weight excluding hydrogens is 315 g/mol. The lowest BCUT2D eigenvalue weighted by Gasteiger charge is -2.29. The lowest BCUT2D eigenvalue weighted by molar-refractivity contribution is 0.224. The number of aromatic nitrogens is 2. The van der Waals surface area contributed by atoms with Crippen LogP contribution in [-0.4, -0.2) is 46.2 Å². The molecule has 3 atom stereocenters. The van der Waals surface area contributed by atoms with Gasteiger partial charge in [0.2, 0.25) is 0 Å². The number of rotatable bonds is 5. The second-order valence-corrected chi connectivity index (χ2v) is 7.28. The minimum absolute atomic E-state index is 0.243. The highest BCUT2D eigenvalue weighted by Crippen LogP contribution is 2.24. The molecule has 1 aromatic heterocycles. The Hall–Kier alpha value is -1.85. The molecule has 1 saturated heterocycles. The number of halogens is 1. The summed E-state index contributed by atoms with van der Waals surface area (Å²) in [5, 5.41) is 3.70. The Kier molecular flexibility index (Phi) is 5.04. The maximum Gasteiger partial charge on any atom is 0.115 e. The van der Waals surface area contributed by atoms with E-state index in [0.717, 1.165) is 37.9 Å². The molecule has 5 heteroatoms. The standard InChI is InChI=1S/C20H25FN4/c21-18-8-20(25(13-18)12-15-9-22-14-23-10-15)11-24-19-6-5-16-3-1-2-4-17(16)7-19/h1-4,9-10,14,18-20,24H,5-8,11-13H2/t18-,19?,20-/m0/s1. The molecular formula is C20H25FN4. The van der Waals surface area contributed by atoms with E-state index in [1.807, 2.05) is 12.4 Å². The van der Waals surface area contributed by atoms with Gasteiger partial charge in [-0.25, -0.2) is 14.4 Å². The number of likely N-dealkylation sites (tertiary alicyclic amines) is 1. The molecule has 0 saturated carbocycles. The minimum Gasteiger partial charge on any atom is -0.312 e. The molecule has 2 heterocycles.